The number of hydrogen-bond donors (Lipinski definition) is 0. The van der Waals surface area contributed by atoms with E-state index in [1.54, 1.807) is 10.9 Å². The summed E-state index contributed by atoms with van der Waals surface area (Å²) in [6.45, 7) is 0. The molecular weight excluding hydrogens is 390 g/mol. The van der Waals surface area contributed by atoms with E-state index in [0.29, 0.717) is 11.0 Å². The van der Waals surface area contributed by atoms with E-state index >= 15 is 0 Å². The third-order valence-electron chi connectivity index (χ3n) is 3.38. The van der Waals surface area contributed by atoms with Crippen LogP contribution in [0, 0.1) is 0 Å². The second-order valence-electron chi connectivity index (χ2n) is 4.91. The average molecular weight is 400 g/mol. The molecule has 0 aliphatic rings. The predicted molar refractivity (Wildman–Crippen MR) is 98.1 cm³/mol. The SMILES string of the molecule is O=c1c2cnn(-c3ccccc3)c2ncn1/N=C\c1ccc(Br)s1. The minimum Gasteiger partial charge on any atom is -0.266 e. The first-order chi connectivity index (χ1) is 11.7. The minimum atomic E-state index is -0.256. The van der Waals surface area contributed by atoms with Crippen LogP contribution in [0.5, 0.6) is 0 Å². The third-order valence-corrected chi connectivity index (χ3v) is 4.93. The normalized spacial score (nSPS) is 11.5. The molecular formula is C16H10BrN5OS. The molecule has 1 aromatic carbocycles. The molecule has 0 aliphatic heterocycles. The Labute approximate surface area is 148 Å². The van der Waals surface area contributed by atoms with Gasteiger partial charge in [0, 0.05) is 4.88 Å². The summed E-state index contributed by atoms with van der Waals surface area (Å²) in [5.74, 6) is 0. The molecule has 3 heterocycles. The topological polar surface area (TPSA) is 65.1 Å². The van der Waals surface area contributed by atoms with Crippen molar-refractivity contribution in [2.45, 2.75) is 0 Å². The number of fused-ring (bicyclic) bond motifs is 1. The van der Waals surface area contributed by atoms with Crippen molar-refractivity contribution in [3.8, 4) is 5.69 Å². The lowest BCUT2D eigenvalue weighted by atomic mass is 10.3. The molecule has 0 fully saturated rings. The molecule has 4 rings (SSSR count). The van der Waals surface area contributed by atoms with Crippen LogP contribution in [0.25, 0.3) is 16.7 Å². The van der Waals surface area contributed by atoms with Gasteiger partial charge < -0.3 is 0 Å². The van der Waals surface area contributed by atoms with Crippen LogP contribution < -0.4 is 5.56 Å². The molecule has 0 aliphatic carbocycles. The van der Waals surface area contributed by atoms with Crippen molar-refractivity contribution >= 4 is 44.5 Å². The molecule has 0 unspecified atom stereocenters. The number of rotatable bonds is 3. The first-order valence-electron chi connectivity index (χ1n) is 7.03. The highest BCUT2D eigenvalue weighted by atomic mass is 79.9. The molecule has 0 N–H and O–H groups in total. The van der Waals surface area contributed by atoms with E-state index in [-0.39, 0.29) is 5.56 Å². The number of thiophene rings is 1. The zero-order chi connectivity index (χ0) is 16.5. The minimum absolute atomic E-state index is 0.256. The lowest BCUT2D eigenvalue weighted by Crippen LogP contribution is -2.17. The van der Waals surface area contributed by atoms with E-state index < -0.39 is 0 Å². The molecule has 0 spiro atoms. The molecule has 0 radical (unpaired) electrons. The number of aromatic nitrogens is 4. The van der Waals surface area contributed by atoms with Crippen LogP contribution >= 0.6 is 27.3 Å². The predicted octanol–water partition coefficient (Wildman–Crippen LogP) is 3.29. The smallest absolute Gasteiger partial charge is 0.266 e. The van der Waals surface area contributed by atoms with Gasteiger partial charge in [0.25, 0.3) is 5.56 Å². The van der Waals surface area contributed by atoms with E-state index in [1.807, 2.05) is 42.5 Å². The average Bonchev–Trinajstić information content (AvgIpc) is 3.22. The van der Waals surface area contributed by atoms with Crippen LogP contribution in [0.3, 0.4) is 0 Å². The van der Waals surface area contributed by atoms with E-state index in [2.05, 4.69) is 31.1 Å². The fraction of sp³-hybridized carbons (Fsp3) is 0. The molecule has 0 bridgehead atoms. The first kappa shape index (κ1) is 15.0. The largest absolute Gasteiger partial charge is 0.285 e. The van der Waals surface area contributed by atoms with Crippen molar-refractivity contribution in [3.63, 3.8) is 0 Å². The molecule has 3 aromatic heterocycles. The molecule has 118 valence electrons. The standard InChI is InChI=1S/C16H10BrN5OS/c17-14-7-6-12(24-14)8-19-21-10-18-15-13(16(21)23)9-20-22(15)11-4-2-1-3-5-11/h1-10H/b19-8-. The quantitative estimate of drug-likeness (QED) is 0.496. The second-order valence-corrected chi connectivity index (χ2v) is 7.40. The van der Waals surface area contributed by atoms with Gasteiger partial charge in [0.1, 0.15) is 11.7 Å². The molecule has 0 amide bonds. The molecule has 0 saturated heterocycles. The summed E-state index contributed by atoms with van der Waals surface area (Å²) in [5.41, 5.74) is 1.11. The number of hydrogen-bond acceptors (Lipinski definition) is 5. The van der Waals surface area contributed by atoms with Crippen molar-refractivity contribution in [1.82, 2.24) is 19.4 Å². The lowest BCUT2D eigenvalue weighted by molar-refractivity contribution is 0.810. The lowest BCUT2D eigenvalue weighted by Gasteiger charge is -2.02. The van der Waals surface area contributed by atoms with Crippen LogP contribution in [0.4, 0.5) is 0 Å². The van der Waals surface area contributed by atoms with E-state index in [4.69, 9.17) is 0 Å². The zero-order valence-electron chi connectivity index (χ0n) is 12.2. The van der Waals surface area contributed by atoms with Crippen LogP contribution in [-0.4, -0.2) is 25.7 Å². The van der Waals surface area contributed by atoms with Crippen molar-refractivity contribution in [2.75, 3.05) is 0 Å². The summed E-state index contributed by atoms with van der Waals surface area (Å²) in [7, 11) is 0. The van der Waals surface area contributed by atoms with Gasteiger partial charge in [0.2, 0.25) is 0 Å². The van der Waals surface area contributed by atoms with Crippen LogP contribution in [-0.2, 0) is 0 Å². The van der Waals surface area contributed by atoms with Gasteiger partial charge in [-0.15, -0.1) is 11.3 Å². The molecule has 6 nitrogen and oxygen atoms in total. The number of nitrogens with zero attached hydrogens (tertiary/aromatic N) is 5. The highest BCUT2D eigenvalue weighted by Crippen LogP contribution is 2.20. The Balaban J connectivity index is 1.77. The van der Waals surface area contributed by atoms with Crippen molar-refractivity contribution in [3.05, 3.63) is 74.0 Å². The van der Waals surface area contributed by atoms with E-state index in [1.165, 1.54) is 28.5 Å². The Morgan fingerprint density at radius 1 is 1.17 bits per heavy atom. The number of para-hydroxylation sites is 1. The summed E-state index contributed by atoms with van der Waals surface area (Å²) >= 11 is 4.93. The zero-order valence-corrected chi connectivity index (χ0v) is 14.6. The number of halogens is 1. The van der Waals surface area contributed by atoms with Gasteiger partial charge in [0.05, 0.1) is 21.9 Å². The maximum atomic E-state index is 12.5. The van der Waals surface area contributed by atoms with Gasteiger partial charge in [-0.1, -0.05) is 18.2 Å². The fourth-order valence-electron chi connectivity index (χ4n) is 2.26. The monoisotopic (exact) mass is 399 g/mol. The fourth-order valence-corrected chi connectivity index (χ4v) is 3.55. The molecule has 0 saturated carbocycles. The highest BCUT2D eigenvalue weighted by molar-refractivity contribution is 9.11. The number of benzene rings is 1. The van der Waals surface area contributed by atoms with Gasteiger partial charge in [-0.3, -0.25) is 4.79 Å². The van der Waals surface area contributed by atoms with Crippen LogP contribution in [0.1, 0.15) is 4.88 Å². The van der Waals surface area contributed by atoms with Crippen LogP contribution in [0.15, 0.2) is 68.7 Å². The van der Waals surface area contributed by atoms with Crippen molar-refractivity contribution < 1.29 is 0 Å². The summed E-state index contributed by atoms with van der Waals surface area (Å²) in [6.07, 6.45) is 4.56. The van der Waals surface area contributed by atoms with Crippen molar-refractivity contribution in [1.29, 1.82) is 0 Å². The summed E-state index contributed by atoms with van der Waals surface area (Å²) < 4.78 is 3.86. The first-order valence-corrected chi connectivity index (χ1v) is 8.64. The molecule has 24 heavy (non-hydrogen) atoms. The second kappa shape index (κ2) is 6.14. The van der Waals surface area contributed by atoms with Gasteiger partial charge in [-0.25, -0.2) is 9.67 Å². The summed E-state index contributed by atoms with van der Waals surface area (Å²) in [5, 5.41) is 8.89. The summed E-state index contributed by atoms with van der Waals surface area (Å²) in [4.78, 5) is 17.8. The Morgan fingerprint density at radius 3 is 2.75 bits per heavy atom. The van der Waals surface area contributed by atoms with E-state index in [0.717, 1.165) is 14.4 Å². The van der Waals surface area contributed by atoms with Gasteiger partial charge >= 0.3 is 0 Å². The summed E-state index contributed by atoms with van der Waals surface area (Å²) in [6, 6.07) is 13.4. The van der Waals surface area contributed by atoms with Gasteiger partial charge in [-0.05, 0) is 40.2 Å². The molecule has 4 aromatic rings. The maximum Gasteiger partial charge on any atom is 0.285 e. The van der Waals surface area contributed by atoms with Gasteiger partial charge in [0.15, 0.2) is 5.65 Å². The Kier molecular flexibility index (Phi) is 3.83. The Hall–Kier alpha value is -2.58. The van der Waals surface area contributed by atoms with Crippen LogP contribution in [0.2, 0.25) is 0 Å². The van der Waals surface area contributed by atoms with E-state index in [9.17, 15) is 4.79 Å². The Morgan fingerprint density at radius 2 is 2.00 bits per heavy atom. The highest BCUT2D eigenvalue weighted by Gasteiger charge is 2.10. The maximum absolute atomic E-state index is 12.5. The van der Waals surface area contributed by atoms with Crippen molar-refractivity contribution in [2.24, 2.45) is 5.10 Å². The third kappa shape index (κ3) is 2.70. The molecule has 0 atom stereocenters. The van der Waals surface area contributed by atoms with Gasteiger partial charge in [-0.2, -0.15) is 14.9 Å². The molecule has 8 heteroatoms. The Bertz CT molecular complexity index is 1100.